The van der Waals surface area contributed by atoms with Crippen molar-refractivity contribution >= 4 is 27.4 Å². The molecule has 21 heavy (non-hydrogen) atoms. The summed E-state index contributed by atoms with van der Waals surface area (Å²) in [4.78, 5) is 21.9. The van der Waals surface area contributed by atoms with Crippen LogP contribution in [0, 0.1) is 17.0 Å². The molecule has 0 unspecified atom stereocenters. The summed E-state index contributed by atoms with van der Waals surface area (Å²) < 4.78 is 6.17. The number of carbonyl (C=O) groups is 1. The van der Waals surface area contributed by atoms with Crippen molar-refractivity contribution in [1.82, 2.24) is 0 Å². The van der Waals surface area contributed by atoms with Gasteiger partial charge in [-0.15, -0.1) is 0 Å². The number of hydrogen-bond acceptors (Lipinski definition) is 4. The number of nitrogens with zero attached hydrogens (tertiary/aromatic N) is 1. The van der Waals surface area contributed by atoms with Crippen molar-refractivity contribution in [2.45, 2.75) is 13.8 Å². The summed E-state index contributed by atoms with van der Waals surface area (Å²) in [5.74, 6) is 0.512. The van der Waals surface area contributed by atoms with Crippen LogP contribution in [0.5, 0.6) is 11.5 Å². The smallest absolute Gasteiger partial charge is 0.311 e. The molecule has 0 spiro atoms. The lowest BCUT2D eigenvalue weighted by molar-refractivity contribution is -0.385. The van der Waals surface area contributed by atoms with Crippen LogP contribution in [0.15, 0.2) is 40.9 Å². The molecule has 5 nitrogen and oxygen atoms in total. The van der Waals surface area contributed by atoms with Gasteiger partial charge < -0.3 is 4.74 Å². The highest BCUT2D eigenvalue weighted by Crippen LogP contribution is 2.33. The maximum absolute atomic E-state index is 11.4. The molecule has 2 rings (SSSR count). The highest BCUT2D eigenvalue weighted by molar-refractivity contribution is 9.10. The number of ether oxygens (including phenoxy) is 1. The molecule has 0 amide bonds. The third-order valence-corrected chi connectivity index (χ3v) is 3.52. The number of Topliss-reactive ketones (excluding diaryl/α,β-unsaturated/α-hetero) is 1. The molecule has 0 aliphatic carbocycles. The molecule has 0 aliphatic rings. The first-order valence-electron chi connectivity index (χ1n) is 6.12. The maximum atomic E-state index is 11.4. The van der Waals surface area contributed by atoms with Gasteiger partial charge in [0.05, 0.1) is 4.92 Å². The monoisotopic (exact) mass is 349 g/mol. The fourth-order valence-electron chi connectivity index (χ4n) is 1.83. The van der Waals surface area contributed by atoms with Crippen LogP contribution >= 0.6 is 15.9 Å². The van der Waals surface area contributed by atoms with Crippen LogP contribution in [0.2, 0.25) is 0 Å². The van der Waals surface area contributed by atoms with Crippen molar-refractivity contribution in [3.05, 3.63) is 62.1 Å². The molecule has 0 bridgehead atoms. The number of nitro groups is 1. The van der Waals surface area contributed by atoms with Crippen molar-refractivity contribution in [2.75, 3.05) is 0 Å². The summed E-state index contributed by atoms with van der Waals surface area (Å²) in [5.41, 5.74) is 1.28. The normalized spacial score (nSPS) is 10.2. The van der Waals surface area contributed by atoms with Crippen molar-refractivity contribution in [1.29, 1.82) is 0 Å². The van der Waals surface area contributed by atoms with Crippen LogP contribution in [0.3, 0.4) is 0 Å². The number of nitro benzene ring substituents is 1. The number of aryl methyl sites for hydroxylation is 1. The molecule has 0 heterocycles. The number of rotatable bonds is 4. The minimum atomic E-state index is -0.492. The molecule has 0 radical (unpaired) electrons. The zero-order valence-corrected chi connectivity index (χ0v) is 13.0. The van der Waals surface area contributed by atoms with E-state index in [-0.39, 0.29) is 17.2 Å². The van der Waals surface area contributed by atoms with Crippen molar-refractivity contribution in [3.8, 4) is 11.5 Å². The Balaban J connectivity index is 2.38. The zero-order chi connectivity index (χ0) is 15.6. The molecular formula is C15H12BrNO4. The molecule has 0 fully saturated rings. The Morgan fingerprint density at radius 1 is 1.24 bits per heavy atom. The Bertz CT molecular complexity index is 728. The number of benzene rings is 2. The third kappa shape index (κ3) is 3.46. The van der Waals surface area contributed by atoms with Crippen LogP contribution in [0.4, 0.5) is 5.69 Å². The fourth-order valence-corrected chi connectivity index (χ4v) is 2.46. The second-order valence-electron chi connectivity index (χ2n) is 4.53. The molecule has 0 N–H and O–H groups in total. The van der Waals surface area contributed by atoms with E-state index < -0.39 is 4.92 Å². The van der Waals surface area contributed by atoms with E-state index in [9.17, 15) is 14.9 Å². The minimum Gasteiger partial charge on any atom is -0.450 e. The Labute approximate surface area is 129 Å². The van der Waals surface area contributed by atoms with Gasteiger partial charge in [0.1, 0.15) is 5.75 Å². The standard InChI is InChI=1S/C15H12BrNO4/c1-9-3-6-14(17(19)20)15(7-9)21-11-4-5-12(10(2)18)13(16)8-11/h3-8H,1-2H3. The van der Waals surface area contributed by atoms with E-state index in [1.165, 1.54) is 13.0 Å². The third-order valence-electron chi connectivity index (χ3n) is 2.86. The number of hydrogen-bond donors (Lipinski definition) is 0. The van der Waals surface area contributed by atoms with Gasteiger partial charge in [-0.2, -0.15) is 0 Å². The first-order valence-corrected chi connectivity index (χ1v) is 6.91. The molecule has 0 atom stereocenters. The van der Waals surface area contributed by atoms with E-state index in [2.05, 4.69) is 15.9 Å². The van der Waals surface area contributed by atoms with Gasteiger partial charge in [-0.25, -0.2) is 0 Å². The molecule has 6 heteroatoms. The topological polar surface area (TPSA) is 69.4 Å². The second-order valence-corrected chi connectivity index (χ2v) is 5.38. The van der Waals surface area contributed by atoms with Crippen LogP contribution in [0.1, 0.15) is 22.8 Å². The quantitative estimate of drug-likeness (QED) is 0.457. The first kappa shape index (κ1) is 15.2. The van der Waals surface area contributed by atoms with Crippen molar-refractivity contribution < 1.29 is 14.5 Å². The van der Waals surface area contributed by atoms with E-state index in [0.29, 0.717) is 15.8 Å². The fraction of sp³-hybridized carbons (Fsp3) is 0.133. The van der Waals surface area contributed by atoms with Gasteiger partial charge in [0.15, 0.2) is 5.78 Å². The van der Waals surface area contributed by atoms with Gasteiger partial charge in [0, 0.05) is 16.1 Å². The molecule has 108 valence electrons. The summed E-state index contributed by atoms with van der Waals surface area (Å²) in [6.45, 7) is 3.29. The van der Waals surface area contributed by atoms with Crippen LogP contribution in [0.25, 0.3) is 0 Å². The zero-order valence-electron chi connectivity index (χ0n) is 11.4. The Morgan fingerprint density at radius 3 is 2.52 bits per heavy atom. The highest BCUT2D eigenvalue weighted by Gasteiger charge is 2.16. The van der Waals surface area contributed by atoms with E-state index in [1.807, 2.05) is 6.92 Å². The summed E-state index contributed by atoms with van der Waals surface area (Å²) in [5, 5.41) is 11.0. The summed E-state index contributed by atoms with van der Waals surface area (Å²) >= 11 is 3.29. The number of ketones is 1. The average Bonchev–Trinajstić information content (AvgIpc) is 2.37. The highest BCUT2D eigenvalue weighted by atomic mass is 79.9. The number of carbonyl (C=O) groups excluding carboxylic acids is 1. The van der Waals surface area contributed by atoms with Gasteiger partial charge in [-0.05, 0) is 59.6 Å². The van der Waals surface area contributed by atoms with E-state index >= 15 is 0 Å². The molecule has 0 saturated carbocycles. The Hall–Kier alpha value is -2.21. The first-order chi connectivity index (χ1) is 9.88. The van der Waals surface area contributed by atoms with E-state index in [0.717, 1.165) is 5.56 Å². The van der Waals surface area contributed by atoms with Gasteiger partial charge >= 0.3 is 5.69 Å². The van der Waals surface area contributed by atoms with E-state index in [4.69, 9.17) is 4.74 Å². The lowest BCUT2D eigenvalue weighted by atomic mass is 10.1. The Kier molecular flexibility index (Phi) is 4.37. The van der Waals surface area contributed by atoms with Gasteiger partial charge in [0.25, 0.3) is 0 Å². The predicted molar refractivity (Wildman–Crippen MR) is 82.1 cm³/mol. The van der Waals surface area contributed by atoms with Crippen molar-refractivity contribution in [2.24, 2.45) is 0 Å². The molecule has 0 saturated heterocycles. The van der Waals surface area contributed by atoms with Crippen LogP contribution in [-0.2, 0) is 0 Å². The molecule has 2 aromatic carbocycles. The van der Waals surface area contributed by atoms with Gasteiger partial charge in [-0.3, -0.25) is 14.9 Å². The SMILES string of the molecule is CC(=O)c1ccc(Oc2cc(C)ccc2[N+](=O)[O-])cc1Br. The Morgan fingerprint density at radius 2 is 1.95 bits per heavy atom. The number of halogens is 1. The summed E-state index contributed by atoms with van der Waals surface area (Å²) in [6, 6.07) is 9.49. The van der Waals surface area contributed by atoms with E-state index in [1.54, 1.807) is 30.3 Å². The van der Waals surface area contributed by atoms with Gasteiger partial charge in [-0.1, -0.05) is 6.07 Å². The summed E-state index contributed by atoms with van der Waals surface area (Å²) in [6.07, 6.45) is 0. The molecule has 0 aliphatic heterocycles. The second kappa shape index (κ2) is 6.05. The van der Waals surface area contributed by atoms with Gasteiger partial charge in [0.2, 0.25) is 5.75 Å². The molecular weight excluding hydrogens is 338 g/mol. The molecule has 0 aromatic heterocycles. The predicted octanol–water partition coefficient (Wildman–Crippen LogP) is 4.66. The molecule has 2 aromatic rings. The van der Waals surface area contributed by atoms with Crippen molar-refractivity contribution in [3.63, 3.8) is 0 Å². The lowest BCUT2D eigenvalue weighted by Gasteiger charge is -2.09. The largest absolute Gasteiger partial charge is 0.450 e. The summed E-state index contributed by atoms with van der Waals surface area (Å²) in [7, 11) is 0. The lowest BCUT2D eigenvalue weighted by Crippen LogP contribution is -1.96. The van der Waals surface area contributed by atoms with Crippen LogP contribution < -0.4 is 4.74 Å². The van der Waals surface area contributed by atoms with Crippen LogP contribution in [-0.4, -0.2) is 10.7 Å². The maximum Gasteiger partial charge on any atom is 0.311 e. The minimum absolute atomic E-state index is 0.0741. The average molecular weight is 350 g/mol.